The Balaban J connectivity index is 1.62. The predicted molar refractivity (Wildman–Crippen MR) is 107 cm³/mol. The number of fused-ring (bicyclic) bond motifs is 1. The molecule has 1 fully saturated rings. The van der Waals surface area contributed by atoms with E-state index < -0.39 is 17.8 Å². The molecule has 5 nitrogen and oxygen atoms in total. The normalized spacial score (nSPS) is 16.8. The zero-order valence-electron chi connectivity index (χ0n) is 16.2. The van der Waals surface area contributed by atoms with Crippen molar-refractivity contribution in [3.05, 3.63) is 53.5 Å². The Bertz CT molecular complexity index is 1010. The van der Waals surface area contributed by atoms with E-state index in [1.807, 2.05) is 6.20 Å². The van der Waals surface area contributed by atoms with Crippen LogP contribution in [0.15, 0.2) is 36.8 Å². The summed E-state index contributed by atoms with van der Waals surface area (Å²) in [6.07, 6.45) is 5.15. The van der Waals surface area contributed by atoms with E-state index in [9.17, 15) is 13.2 Å². The van der Waals surface area contributed by atoms with E-state index in [4.69, 9.17) is 5.73 Å². The van der Waals surface area contributed by atoms with Crippen molar-refractivity contribution in [2.75, 3.05) is 11.1 Å². The maximum Gasteiger partial charge on any atom is 0.416 e. The molecule has 0 amide bonds. The van der Waals surface area contributed by atoms with E-state index in [-0.39, 0.29) is 5.69 Å². The number of hydrogen-bond acceptors (Lipinski definition) is 4. The summed E-state index contributed by atoms with van der Waals surface area (Å²) in [4.78, 5) is 4.33. The highest BCUT2D eigenvalue weighted by atomic mass is 19.4. The highest BCUT2D eigenvalue weighted by Gasteiger charge is 2.31. The molecule has 0 unspecified atom stereocenters. The van der Waals surface area contributed by atoms with Crippen molar-refractivity contribution in [1.29, 1.82) is 0 Å². The Labute approximate surface area is 167 Å². The van der Waals surface area contributed by atoms with Crippen LogP contribution in [0.4, 0.5) is 24.7 Å². The average molecular weight is 403 g/mol. The zero-order chi connectivity index (χ0) is 20.6. The van der Waals surface area contributed by atoms with Gasteiger partial charge in [-0.25, -0.2) is 9.50 Å². The van der Waals surface area contributed by atoms with Gasteiger partial charge in [0.25, 0.3) is 0 Å². The quantitative estimate of drug-likeness (QED) is 0.561. The second-order valence-corrected chi connectivity index (χ2v) is 7.80. The van der Waals surface area contributed by atoms with Crippen molar-refractivity contribution in [2.45, 2.75) is 57.2 Å². The van der Waals surface area contributed by atoms with Crippen molar-refractivity contribution in [1.82, 2.24) is 14.6 Å². The monoisotopic (exact) mass is 403 g/mol. The third kappa shape index (κ3) is 4.16. The molecule has 3 aromatic rings. The van der Waals surface area contributed by atoms with Crippen LogP contribution in [0.1, 0.15) is 67.7 Å². The molecule has 1 aliphatic carbocycles. The SMILES string of the molecule is C[C@@H](Nc1ncnn2cc(C3CCCCC3)cc12)c1cc(N)cc(C(F)(F)F)c1. The van der Waals surface area contributed by atoms with Crippen LogP contribution in [0.3, 0.4) is 0 Å². The van der Waals surface area contributed by atoms with E-state index in [0.717, 1.165) is 17.6 Å². The van der Waals surface area contributed by atoms with Crippen LogP contribution in [0, 0.1) is 0 Å². The maximum atomic E-state index is 13.1. The van der Waals surface area contributed by atoms with Crippen molar-refractivity contribution in [3.63, 3.8) is 0 Å². The second kappa shape index (κ2) is 7.57. The van der Waals surface area contributed by atoms with Crippen LogP contribution < -0.4 is 11.1 Å². The fourth-order valence-corrected chi connectivity index (χ4v) is 4.10. The first-order valence-corrected chi connectivity index (χ1v) is 9.89. The molecule has 154 valence electrons. The Kier molecular flexibility index (Phi) is 5.10. The van der Waals surface area contributed by atoms with E-state index in [1.54, 1.807) is 17.5 Å². The largest absolute Gasteiger partial charge is 0.416 e. The lowest BCUT2D eigenvalue weighted by Crippen LogP contribution is -2.12. The van der Waals surface area contributed by atoms with Gasteiger partial charge >= 0.3 is 6.18 Å². The van der Waals surface area contributed by atoms with Crippen molar-refractivity contribution >= 4 is 17.0 Å². The number of nitrogens with zero attached hydrogens (tertiary/aromatic N) is 3. The number of nitrogens with two attached hydrogens (primary N) is 1. The molecule has 3 N–H and O–H groups in total. The summed E-state index contributed by atoms with van der Waals surface area (Å²) in [7, 11) is 0. The smallest absolute Gasteiger partial charge is 0.399 e. The molecule has 1 aliphatic rings. The van der Waals surface area contributed by atoms with Gasteiger partial charge in [0, 0.05) is 11.9 Å². The summed E-state index contributed by atoms with van der Waals surface area (Å²) in [5, 5.41) is 7.52. The lowest BCUT2D eigenvalue weighted by molar-refractivity contribution is -0.137. The van der Waals surface area contributed by atoms with Gasteiger partial charge in [-0.1, -0.05) is 19.3 Å². The van der Waals surface area contributed by atoms with E-state index in [1.165, 1.54) is 44.0 Å². The van der Waals surface area contributed by atoms with Crippen LogP contribution >= 0.6 is 0 Å². The number of nitrogens with one attached hydrogen (secondary N) is 1. The maximum absolute atomic E-state index is 13.1. The van der Waals surface area contributed by atoms with Gasteiger partial charge in [0.15, 0.2) is 5.82 Å². The van der Waals surface area contributed by atoms with Gasteiger partial charge in [0.1, 0.15) is 11.8 Å². The van der Waals surface area contributed by atoms with Crippen molar-refractivity contribution in [2.24, 2.45) is 0 Å². The molecule has 0 bridgehead atoms. The molecule has 2 aromatic heterocycles. The Hall–Kier alpha value is -2.77. The summed E-state index contributed by atoms with van der Waals surface area (Å²) in [6, 6.07) is 5.30. The van der Waals surface area contributed by atoms with Gasteiger partial charge in [-0.05, 0) is 61.1 Å². The third-order valence-corrected chi connectivity index (χ3v) is 5.66. The topological polar surface area (TPSA) is 68.2 Å². The number of rotatable bonds is 4. The molecular formula is C21H24F3N5. The minimum Gasteiger partial charge on any atom is -0.399 e. The Morgan fingerprint density at radius 2 is 1.90 bits per heavy atom. The highest BCUT2D eigenvalue weighted by Crippen LogP contribution is 2.36. The molecule has 1 aromatic carbocycles. The number of alkyl halides is 3. The number of nitrogen functional groups attached to an aromatic ring is 1. The summed E-state index contributed by atoms with van der Waals surface area (Å²) in [6.45, 7) is 1.79. The summed E-state index contributed by atoms with van der Waals surface area (Å²) in [5.41, 5.74) is 7.55. The third-order valence-electron chi connectivity index (χ3n) is 5.66. The van der Waals surface area contributed by atoms with Gasteiger partial charge in [-0.3, -0.25) is 0 Å². The van der Waals surface area contributed by atoms with Crippen LogP contribution in [0.25, 0.3) is 5.52 Å². The van der Waals surface area contributed by atoms with Crippen LogP contribution in [-0.4, -0.2) is 14.6 Å². The predicted octanol–water partition coefficient (Wildman–Crippen LogP) is 5.55. The van der Waals surface area contributed by atoms with Crippen LogP contribution in [0.5, 0.6) is 0 Å². The van der Waals surface area contributed by atoms with Gasteiger partial charge in [0.2, 0.25) is 0 Å². The minimum absolute atomic E-state index is 0.0820. The van der Waals surface area contributed by atoms with Crippen LogP contribution in [-0.2, 0) is 6.18 Å². The van der Waals surface area contributed by atoms with Crippen molar-refractivity contribution in [3.8, 4) is 0 Å². The fourth-order valence-electron chi connectivity index (χ4n) is 4.10. The molecule has 29 heavy (non-hydrogen) atoms. The summed E-state index contributed by atoms with van der Waals surface area (Å²) >= 11 is 0. The number of anilines is 2. The second-order valence-electron chi connectivity index (χ2n) is 7.80. The molecule has 0 aliphatic heterocycles. The molecule has 0 spiro atoms. The molecule has 1 saturated carbocycles. The highest BCUT2D eigenvalue weighted by molar-refractivity contribution is 5.69. The first-order valence-electron chi connectivity index (χ1n) is 9.89. The van der Waals surface area contributed by atoms with E-state index in [2.05, 4.69) is 21.5 Å². The Morgan fingerprint density at radius 1 is 1.14 bits per heavy atom. The fraction of sp³-hybridized carbons (Fsp3) is 0.429. The minimum atomic E-state index is -4.44. The van der Waals surface area contributed by atoms with Gasteiger partial charge in [0.05, 0.1) is 11.6 Å². The van der Waals surface area contributed by atoms with E-state index >= 15 is 0 Å². The van der Waals surface area contributed by atoms with Gasteiger partial charge in [-0.15, -0.1) is 0 Å². The lowest BCUT2D eigenvalue weighted by Gasteiger charge is -2.20. The molecule has 4 rings (SSSR count). The lowest BCUT2D eigenvalue weighted by atomic mass is 9.85. The zero-order valence-corrected chi connectivity index (χ0v) is 16.2. The summed E-state index contributed by atoms with van der Waals surface area (Å²) in [5.74, 6) is 1.12. The van der Waals surface area contributed by atoms with Gasteiger partial charge < -0.3 is 11.1 Å². The first-order chi connectivity index (χ1) is 13.8. The van der Waals surface area contributed by atoms with Crippen molar-refractivity contribution < 1.29 is 13.2 Å². The molecule has 0 radical (unpaired) electrons. The first kappa shape index (κ1) is 19.5. The van der Waals surface area contributed by atoms with Gasteiger partial charge in [-0.2, -0.15) is 18.3 Å². The summed E-state index contributed by atoms with van der Waals surface area (Å²) < 4.78 is 41.2. The molecular weight excluding hydrogens is 379 g/mol. The number of benzene rings is 1. The molecule has 0 saturated heterocycles. The Morgan fingerprint density at radius 3 is 2.62 bits per heavy atom. The number of aromatic nitrogens is 3. The average Bonchev–Trinajstić information content (AvgIpc) is 3.13. The van der Waals surface area contributed by atoms with Crippen LogP contribution in [0.2, 0.25) is 0 Å². The van der Waals surface area contributed by atoms with E-state index in [0.29, 0.717) is 17.3 Å². The molecule has 8 heteroatoms. The number of halogens is 3. The molecule has 2 heterocycles. The molecule has 1 atom stereocenters. The number of hydrogen-bond donors (Lipinski definition) is 2. The standard InChI is InChI=1S/C21H24F3N5/c1-13(15-7-17(21(22,23)24)10-18(25)8-15)28-20-19-9-16(11-29(19)27-12-26-20)14-5-3-2-4-6-14/h7-14H,2-6,25H2,1H3,(H,26,27,28)/t13-/m1/s1.